The molecule has 0 radical (unpaired) electrons. The van der Waals surface area contributed by atoms with Gasteiger partial charge >= 0.3 is 0 Å². The van der Waals surface area contributed by atoms with E-state index in [2.05, 4.69) is 6.07 Å². The zero-order chi connectivity index (χ0) is 12.7. The predicted octanol–water partition coefficient (Wildman–Crippen LogP) is 2.09. The smallest absolute Gasteiger partial charge is 0.161 e. The number of aromatic hydroxyl groups is 2. The van der Waals surface area contributed by atoms with Gasteiger partial charge in [0.25, 0.3) is 0 Å². The van der Waals surface area contributed by atoms with Crippen molar-refractivity contribution in [2.45, 2.75) is 12.3 Å². The summed E-state index contributed by atoms with van der Waals surface area (Å²) in [6, 6.07) is 11.5. The third-order valence-corrected chi connectivity index (χ3v) is 3.71. The zero-order valence-electron chi connectivity index (χ0n) is 9.93. The minimum absolute atomic E-state index is 0.0135. The van der Waals surface area contributed by atoms with Crippen LogP contribution in [0.2, 0.25) is 0 Å². The molecule has 1 aliphatic rings. The molecule has 0 saturated heterocycles. The molecule has 1 atom stereocenters. The predicted molar refractivity (Wildman–Crippen MR) is 69.9 cm³/mol. The summed E-state index contributed by atoms with van der Waals surface area (Å²) in [5, 5.41) is 19.6. The van der Waals surface area contributed by atoms with Gasteiger partial charge in [-0.25, -0.2) is 0 Å². The summed E-state index contributed by atoms with van der Waals surface area (Å²) in [4.78, 5) is 0. The SMILES string of the molecule is NC[C@H]1c2ccccc2Cc2c1ccc(O)c2O. The van der Waals surface area contributed by atoms with E-state index in [0.29, 0.717) is 13.0 Å². The van der Waals surface area contributed by atoms with Gasteiger partial charge in [0, 0.05) is 24.4 Å². The lowest BCUT2D eigenvalue weighted by molar-refractivity contribution is 0.398. The summed E-state index contributed by atoms with van der Waals surface area (Å²) < 4.78 is 0. The number of benzene rings is 2. The fraction of sp³-hybridized carbons (Fsp3) is 0.200. The van der Waals surface area contributed by atoms with Gasteiger partial charge in [0.05, 0.1) is 0 Å². The number of hydrogen-bond acceptors (Lipinski definition) is 3. The first-order valence-electron chi connectivity index (χ1n) is 6.04. The first kappa shape index (κ1) is 11.1. The molecule has 1 aliphatic carbocycles. The minimum Gasteiger partial charge on any atom is -0.504 e. The molecule has 18 heavy (non-hydrogen) atoms. The van der Waals surface area contributed by atoms with Crippen LogP contribution < -0.4 is 5.73 Å². The Hall–Kier alpha value is -2.00. The quantitative estimate of drug-likeness (QED) is 0.670. The maximum absolute atomic E-state index is 9.99. The van der Waals surface area contributed by atoms with E-state index in [0.717, 1.165) is 11.1 Å². The fourth-order valence-electron chi connectivity index (χ4n) is 2.80. The molecule has 0 aromatic heterocycles. The number of rotatable bonds is 1. The lowest BCUT2D eigenvalue weighted by atomic mass is 9.78. The summed E-state index contributed by atoms with van der Waals surface area (Å²) >= 11 is 0. The van der Waals surface area contributed by atoms with Crippen LogP contribution in [0.1, 0.15) is 28.2 Å². The molecule has 0 fully saturated rings. The van der Waals surface area contributed by atoms with E-state index < -0.39 is 0 Å². The molecular formula is C15H15NO2. The Morgan fingerprint density at radius 1 is 1.06 bits per heavy atom. The lowest BCUT2D eigenvalue weighted by Gasteiger charge is -2.28. The Labute approximate surface area is 106 Å². The van der Waals surface area contributed by atoms with Crippen LogP contribution in [0, 0.1) is 0 Å². The Morgan fingerprint density at radius 3 is 2.61 bits per heavy atom. The van der Waals surface area contributed by atoms with Crippen LogP contribution in [0.5, 0.6) is 11.5 Å². The summed E-state index contributed by atoms with van der Waals surface area (Å²) in [6.07, 6.45) is 0.641. The van der Waals surface area contributed by atoms with Gasteiger partial charge in [-0.1, -0.05) is 30.3 Å². The second-order valence-corrected chi connectivity index (χ2v) is 4.66. The molecule has 0 unspecified atom stereocenters. The summed E-state index contributed by atoms with van der Waals surface area (Å²) in [5.74, 6) is 0.0146. The second kappa shape index (κ2) is 4.03. The fourth-order valence-corrected chi connectivity index (χ4v) is 2.80. The topological polar surface area (TPSA) is 66.5 Å². The van der Waals surface area contributed by atoms with Gasteiger partial charge in [-0.2, -0.15) is 0 Å². The van der Waals surface area contributed by atoms with E-state index in [-0.39, 0.29) is 17.4 Å². The van der Waals surface area contributed by atoms with Crippen molar-refractivity contribution in [3.63, 3.8) is 0 Å². The van der Waals surface area contributed by atoms with Gasteiger partial charge in [0.1, 0.15) is 0 Å². The zero-order valence-corrected chi connectivity index (χ0v) is 9.93. The van der Waals surface area contributed by atoms with E-state index in [4.69, 9.17) is 5.73 Å². The average molecular weight is 241 g/mol. The minimum atomic E-state index is -0.0658. The molecule has 92 valence electrons. The van der Waals surface area contributed by atoms with Crippen LogP contribution in [0.25, 0.3) is 0 Å². The Morgan fingerprint density at radius 2 is 1.83 bits per heavy atom. The standard InChI is InChI=1S/C15H15NO2/c16-8-13-10-4-2-1-3-9(10)7-12-11(13)5-6-14(17)15(12)18/h1-6,13,17-18H,7-8,16H2/t13-/m0/s1. The molecule has 0 heterocycles. The highest BCUT2D eigenvalue weighted by Gasteiger charge is 2.27. The number of phenolic OH excluding ortho intramolecular Hbond substituents is 2. The van der Waals surface area contributed by atoms with Crippen LogP contribution >= 0.6 is 0 Å². The second-order valence-electron chi connectivity index (χ2n) is 4.66. The van der Waals surface area contributed by atoms with Crippen molar-refractivity contribution < 1.29 is 10.2 Å². The first-order chi connectivity index (χ1) is 8.72. The highest BCUT2D eigenvalue weighted by Crippen LogP contribution is 2.42. The van der Waals surface area contributed by atoms with Gasteiger partial charge in [-0.05, 0) is 22.8 Å². The van der Waals surface area contributed by atoms with Crippen molar-refractivity contribution >= 4 is 0 Å². The van der Waals surface area contributed by atoms with Crippen molar-refractivity contribution in [2.75, 3.05) is 6.54 Å². The molecule has 0 spiro atoms. The molecule has 3 heteroatoms. The normalized spacial score (nSPS) is 17.1. The monoisotopic (exact) mass is 241 g/mol. The summed E-state index contributed by atoms with van der Waals surface area (Å²) in [7, 11) is 0. The highest BCUT2D eigenvalue weighted by atomic mass is 16.3. The molecule has 3 rings (SSSR count). The largest absolute Gasteiger partial charge is 0.504 e. The van der Waals surface area contributed by atoms with Gasteiger partial charge in [0.2, 0.25) is 0 Å². The number of phenols is 2. The van der Waals surface area contributed by atoms with E-state index >= 15 is 0 Å². The Balaban J connectivity index is 2.23. The van der Waals surface area contributed by atoms with Crippen molar-refractivity contribution in [3.8, 4) is 11.5 Å². The van der Waals surface area contributed by atoms with Gasteiger partial charge < -0.3 is 15.9 Å². The molecule has 0 aliphatic heterocycles. The van der Waals surface area contributed by atoms with Crippen LogP contribution in [0.15, 0.2) is 36.4 Å². The van der Waals surface area contributed by atoms with Crippen LogP contribution in [-0.2, 0) is 6.42 Å². The van der Waals surface area contributed by atoms with E-state index in [9.17, 15) is 10.2 Å². The summed E-state index contributed by atoms with van der Waals surface area (Å²) in [6.45, 7) is 0.494. The summed E-state index contributed by atoms with van der Waals surface area (Å²) in [5.41, 5.74) is 10.1. The van der Waals surface area contributed by atoms with Crippen LogP contribution in [0.3, 0.4) is 0 Å². The van der Waals surface area contributed by atoms with E-state index in [1.54, 1.807) is 0 Å². The van der Waals surface area contributed by atoms with Crippen molar-refractivity contribution in [2.24, 2.45) is 5.73 Å². The molecule has 0 amide bonds. The van der Waals surface area contributed by atoms with Crippen molar-refractivity contribution in [3.05, 3.63) is 58.7 Å². The van der Waals surface area contributed by atoms with Crippen molar-refractivity contribution in [1.82, 2.24) is 0 Å². The maximum atomic E-state index is 9.99. The molecular weight excluding hydrogens is 226 g/mol. The van der Waals surface area contributed by atoms with E-state index in [1.807, 2.05) is 24.3 Å². The molecule has 4 N–H and O–H groups in total. The molecule has 0 saturated carbocycles. The molecule has 2 aromatic rings. The van der Waals surface area contributed by atoms with E-state index in [1.165, 1.54) is 17.2 Å². The number of nitrogens with two attached hydrogens (primary N) is 1. The number of fused-ring (bicyclic) bond motifs is 2. The third-order valence-electron chi connectivity index (χ3n) is 3.71. The van der Waals surface area contributed by atoms with Gasteiger partial charge in [-0.3, -0.25) is 0 Å². The lowest BCUT2D eigenvalue weighted by Crippen LogP contribution is -2.21. The average Bonchev–Trinajstić information content (AvgIpc) is 2.41. The highest BCUT2D eigenvalue weighted by molar-refractivity contribution is 5.58. The van der Waals surface area contributed by atoms with Gasteiger partial charge in [0.15, 0.2) is 11.5 Å². The number of hydrogen-bond donors (Lipinski definition) is 3. The third kappa shape index (κ3) is 1.48. The van der Waals surface area contributed by atoms with Crippen LogP contribution in [0.4, 0.5) is 0 Å². The Bertz CT molecular complexity index is 607. The first-order valence-corrected chi connectivity index (χ1v) is 6.04. The molecule has 2 aromatic carbocycles. The van der Waals surface area contributed by atoms with Crippen molar-refractivity contribution in [1.29, 1.82) is 0 Å². The van der Waals surface area contributed by atoms with Crippen LogP contribution in [-0.4, -0.2) is 16.8 Å². The Kier molecular flexibility index (Phi) is 2.49. The molecule has 3 nitrogen and oxygen atoms in total. The van der Waals surface area contributed by atoms with Gasteiger partial charge in [-0.15, -0.1) is 0 Å². The molecule has 0 bridgehead atoms. The maximum Gasteiger partial charge on any atom is 0.161 e.